The molecular weight excluding hydrogens is 222 g/mol. The van der Waals surface area contributed by atoms with Gasteiger partial charge in [0, 0.05) is 10.8 Å². The first-order valence-corrected chi connectivity index (χ1v) is 5.97. The number of nitrogens with zero attached hydrogens (tertiary/aromatic N) is 3. The van der Waals surface area contributed by atoms with Crippen LogP contribution >= 0.6 is 0 Å². The summed E-state index contributed by atoms with van der Waals surface area (Å²) >= 11 is 0. The zero-order chi connectivity index (χ0) is 12.1. The van der Waals surface area contributed by atoms with Gasteiger partial charge in [-0.1, -0.05) is 41.6 Å². The fraction of sp³-hybridized carbons (Fsp3) is 0.0667. The number of rotatable bonds is 0. The van der Waals surface area contributed by atoms with Gasteiger partial charge < -0.3 is 0 Å². The zero-order valence-electron chi connectivity index (χ0n) is 9.96. The van der Waals surface area contributed by atoms with Crippen molar-refractivity contribution in [3.8, 4) is 0 Å². The maximum Gasteiger partial charge on any atom is 0.0950 e. The highest BCUT2D eigenvalue weighted by molar-refractivity contribution is 6.13. The molecule has 2 aromatic carbocycles. The van der Waals surface area contributed by atoms with Crippen LogP contribution in [0.25, 0.3) is 27.2 Å². The van der Waals surface area contributed by atoms with E-state index in [1.807, 2.05) is 16.8 Å². The smallest absolute Gasteiger partial charge is 0.0950 e. The Morgan fingerprint density at radius 1 is 0.889 bits per heavy atom. The molecule has 2 aromatic heterocycles. The number of para-hydroxylation sites is 1. The summed E-state index contributed by atoms with van der Waals surface area (Å²) < 4.78 is 1.91. The van der Waals surface area contributed by atoms with Crippen LogP contribution in [-0.2, 0) is 0 Å². The normalized spacial score (nSPS) is 11.6. The third-order valence-electron chi connectivity index (χ3n) is 3.50. The lowest BCUT2D eigenvalue weighted by Crippen LogP contribution is -1.93. The molecule has 0 unspecified atom stereocenters. The molecule has 0 fully saturated rings. The van der Waals surface area contributed by atoms with Gasteiger partial charge in [0.05, 0.1) is 17.2 Å². The molecule has 0 amide bonds. The Labute approximate surface area is 104 Å². The summed E-state index contributed by atoms with van der Waals surface area (Å²) in [6, 6.07) is 14.7. The van der Waals surface area contributed by atoms with Crippen LogP contribution in [0.5, 0.6) is 0 Å². The molecule has 0 aliphatic rings. The Bertz CT molecular complexity index is 890. The Balaban J connectivity index is 2.49. The van der Waals surface area contributed by atoms with Crippen LogP contribution in [0.4, 0.5) is 0 Å². The van der Waals surface area contributed by atoms with Crippen LogP contribution in [-0.4, -0.2) is 14.8 Å². The zero-order valence-corrected chi connectivity index (χ0v) is 9.96. The lowest BCUT2D eigenvalue weighted by molar-refractivity contribution is 0.884. The number of hydrogen-bond acceptors (Lipinski definition) is 2. The predicted octanol–water partition coefficient (Wildman–Crippen LogP) is 3.34. The standard InChI is InChI=1S/C15H11N3/c1-10-5-4-7-12-14-9-16-17-18(14)13-8-3-2-6-11(13)15(10)12/h2-9H,1H3. The molecule has 0 spiro atoms. The second kappa shape index (κ2) is 3.29. The molecule has 4 rings (SSSR count). The van der Waals surface area contributed by atoms with Crippen molar-refractivity contribution >= 4 is 27.2 Å². The number of hydrogen-bond donors (Lipinski definition) is 0. The van der Waals surface area contributed by atoms with E-state index in [2.05, 4.69) is 53.6 Å². The minimum atomic E-state index is 1.06. The molecule has 18 heavy (non-hydrogen) atoms. The average molecular weight is 233 g/mol. The molecule has 3 nitrogen and oxygen atoms in total. The third-order valence-corrected chi connectivity index (χ3v) is 3.50. The molecule has 0 aliphatic heterocycles. The first-order chi connectivity index (χ1) is 8.86. The SMILES string of the molecule is Cc1cccc2c1c1ccccc1n1nncc21. The summed E-state index contributed by atoms with van der Waals surface area (Å²) in [5, 5.41) is 12.0. The molecule has 0 saturated carbocycles. The van der Waals surface area contributed by atoms with Crippen LogP contribution < -0.4 is 0 Å². The van der Waals surface area contributed by atoms with E-state index in [-0.39, 0.29) is 0 Å². The van der Waals surface area contributed by atoms with Gasteiger partial charge in [0.2, 0.25) is 0 Å². The minimum Gasteiger partial charge on any atom is -0.212 e. The van der Waals surface area contributed by atoms with Gasteiger partial charge >= 0.3 is 0 Å². The maximum atomic E-state index is 4.19. The summed E-state index contributed by atoms with van der Waals surface area (Å²) in [4.78, 5) is 0. The summed E-state index contributed by atoms with van der Waals surface area (Å²) in [7, 11) is 0. The van der Waals surface area contributed by atoms with Crippen LogP contribution in [0.2, 0.25) is 0 Å². The molecule has 3 heteroatoms. The molecule has 4 aromatic rings. The number of pyridine rings is 1. The first-order valence-electron chi connectivity index (χ1n) is 5.97. The number of aromatic nitrogens is 3. The van der Waals surface area contributed by atoms with E-state index in [9.17, 15) is 0 Å². The highest BCUT2D eigenvalue weighted by atomic mass is 15.4. The summed E-state index contributed by atoms with van der Waals surface area (Å²) in [6.07, 6.45) is 1.83. The second-order valence-corrected chi connectivity index (χ2v) is 4.55. The minimum absolute atomic E-state index is 1.06. The fourth-order valence-electron chi connectivity index (χ4n) is 2.71. The number of benzene rings is 2. The van der Waals surface area contributed by atoms with E-state index >= 15 is 0 Å². The molecule has 0 bridgehead atoms. The summed E-state index contributed by atoms with van der Waals surface area (Å²) in [5.74, 6) is 0. The van der Waals surface area contributed by atoms with Crippen LogP contribution in [0, 0.1) is 6.92 Å². The molecule has 0 aliphatic carbocycles. The van der Waals surface area contributed by atoms with Gasteiger partial charge in [-0.05, 0) is 23.9 Å². The Morgan fingerprint density at radius 3 is 2.61 bits per heavy atom. The van der Waals surface area contributed by atoms with Crippen molar-refractivity contribution in [2.45, 2.75) is 6.92 Å². The highest BCUT2D eigenvalue weighted by Crippen LogP contribution is 2.30. The van der Waals surface area contributed by atoms with E-state index in [1.165, 1.54) is 21.7 Å². The van der Waals surface area contributed by atoms with E-state index < -0.39 is 0 Å². The fourth-order valence-corrected chi connectivity index (χ4v) is 2.71. The Kier molecular flexibility index (Phi) is 1.75. The molecule has 0 atom stereocenters. The molecule has 0 N–H and O–H groups in total. The molecule has 2 heterocycles. The van der Waals surface area contributed by atoms with Gasteiger partial charge in [-0.25, -0.2) is 4.52 Å². The van der Waals surface area contributed by atoms with Gasteiger partial charge in [0.1, 0.15) is 0 Å². The average Bonchev–Trinajstić information content (AvgIpc) is 2.88. The molecule has 0 saturated heterocycles. The topological polar surface area (TPSA) is 30.2 Å². The first kappa shape index (κ1) is 9.59. The van der Waals surface area contributed by atoms with Gasteiger partial charge in [0.25, 0.3) is 0 Å². The van der Waals surface area contributed by atoms with Gasteiger partial charge in [0.15, 0.2) is 0 Å². The largest absolute Gasteiger partial charge is 0.212 e. The monoisotopic (exact) mass is 233 g/mol. The molecule has 0 radical (unpaired) electrons. The van der Waals surface area contributed by atoms with Crippen molar-refractivity contribution in [2.24, 2.45) is 0 Å². The van der Waals surface area contributed by atoms with Crippen molar-refractivity contribution in [3.63, 3.8) is 0 Å². The van der Waals surface area contributed by atoms with E-state index in [0.29, 0.717) is 0 Å². The lowest BCUT2D eigenvalue weighted by atomic mass is 10.0. The van der Waals surface area contributed by atoms with Crippen molar-refractivity contribution in [1.29, 1.82) is 0 Å². The van der Waals surface area contributed by atoms with Gasteiger partial charge in [-0.2, -0.15) is 0 Å². The van der Waals surface area contributed by atoms with Crippen LogP contribution in [0.15, 0.2) is 48.7 Å². The summed E-state index contributed by atoms with van der Waals surface area (Å²) in [5.41, 5.74) is 3.45. The van der Waals surface area contributed by atoms with Crippen molar-refractivity contribution in [1.82, 2.24) is 14.8 Å². The van der Waals surface area contributed by atoms with Gasteiger partial charge in [-0.15, -0.1) is 5.10 Å². The van der Waals surface area contributed by atoms with Crippen molar-refractivity contribution in [2.75, 3.05) is 0 Å². The third kappa shape index (κ3) is 1.08. The van der Waals surface area contributed by atoms with Crippen molar-refractivity contribution < 1.29 is 0 Å². The second-order valence-electron chi connectivity index (χ2n) is 4.55. The number of aryl methyl sites for hydroxylation is 1. The number of fused-ring (bicyclic) bond motifs is 6. The Morgan fingerprint density at radius 2 is 1.67 bits per heavy atom. The quantitative estimate of drug-likeness (QED) is 0.436. The van der Waals surface area contributed by atoms with Crippen molar-refractivity contribution in [3.05, 3.63) is 54.2 Å². The summed E-state index contributed by atoms with van der Waals surface area (Å²) in [6.45, 7) is 2.15. The molecule has 86 valence electrons. The highest BCUT2D eigenvalue weighted by Gasteiger charge is 2.10. The lowest BCUT2D eigenvalue weighted by Gasteiger charge is -2.09. The van der Waals surface area contributed by atoms with E-state index in [0.717, 1.165) is 11.0 Å². The van der Waals surface area contributed by atoms with E-state index in [4.69, 9.17) is 0 Å². The Hall–Kier alpha value is -2.42. The van der Waals surface area contributed by atoms with Crippen LogP contribution in [0.3, 0.4) is 0 Å². The maximum absolute atomic E-state index is 4.19. The van der Waals surface area contributed by atoms with Gasteiger partial charge in [-0.3, -0.25) is 0 Å². The van der Waals surface area contributed by atoms with Crippen LogP contribution in [0.1, 0.15) is 5.56 Å². The van der Waals surface area contributed by atoms with E-state index in [1.54, 1.807) is 0 Å². The predicted molar refractivity (Wildman–Crippen MR) is 72.7 cm³/mol. The molecular formula is C15H11N3.